The Morgan fingerprint density at radius 3 is 1.93 bits per heavy atom. The van der Waals surface area contributed by atoms with Crippen molar-refractivity contribution in [2.45, 2.75) is 6.42 Å². The summed E-state index contributed by atoms with van der Waals surface area (Å²) in [6, 6.07) is 29.4. The predicted molar refractivity (Wildman–Crippen MR) is 122 cm³/mol. The second-order valence-electron chi connectivity index (χ2n) is 6.87. The van der Waals surface area contributed by atoms with Crippen LogP contribution in [0.15, 0.2) is 91.0 Å². The quantitative estimate of drug-likeness (QED) is 0.447. The second kappa shape index (κ2) is 8.76. The lowest BCUT2D eigenvalue weighted by molar-refractivity contribution is -0.115. The number of hydrogen-bond acceptors (Lipinski definition) is 3. The highest BCUT2D eigenvalue weighted by atomic mass is 32.1. The van der Waals surface area contributed by atoms with Crippen molar-refractivity contribution in [3.63, 3.8) is 0 Å². The van der Waals surface area contributed by atoms with Gasteiger partial charge in [0.25, 0.3) is 5.91 Å². The van der Waals surface area contributed by atoms with Crippen LogP contribution in [0.4, 0.5) is 5.00 Å². The summed E-state index contributed by atoms with van der Waals surface area (Å²) in [5, 5.41) is 3.33. The molecule has 0 aliphatic carbocycles. The van der Waals surface area contributed by atoms with Crippen molar-refractivity contribution >= 4 is 28.2 Å². The van der Waals surface area contributed by atoms with E-state index in [0.717, 1.165) is 27.1 Å². The Morgan fingerprint density at radius 2 is 1.33 bits per heavy atom. The Hall–Kier alpha value is -3.70. The van der Waals surface area contributed by atoms with Crippen LogP contribution < -0.4 is 11.1 Å². The number of nitrogens with two attached hydrogens (primary N) is 1. The minimum Gasteiger partial charge on any atom is -0.366 e. The zero-order chi connectivity index (χ0) is 20.9. The van der Waals surface area contributed by atoms with E-state index in [2.05, 4.69) is 5.32 Å². The molecule has 0 spiro atoms. The molecule has 5 heteroatoms. The van der Waals surface area contributed by atoms with Crippen LogP contribution in [0, 0.1) is 0 Å². The molecule has 0 aliphatic rings. The molecular formula is C25H20N2O2S. The van der Waals surface area contributed by atoms with Gasteiger partial charge in [-0.25, -0.2) is 0 Å². The van der Waals surface area contributed by atoms with E-state index in [1.807, 2.05) is 84.9 Å². The van der Waals surface area contributed by atoms with Gasteiger partial charge >= 0.3 is 0 Å². The monoisotopic (exact) mass is 412 g/mol. The Bertz CT molecular complexity index is 1170. The number of thiophene rings is 1. The summed E-state index contributed by atoms with van der Waals surface area (Å²) < 4.78 is 0. The molecule has 1 heterocycles. The van der Waals surface area contributed by atoms with Gasteiger partial charge in [0, 0.05) is 4.88 Å². The van der Waals surface area contributed by atoms with E-state index in [9.17, 15) is 9.59 Å². The Balaban J connectivity index is 1.49. The van der Waals surface area contributed by atoms with Crippen LogP contribution in [0.5, 0.6) is 0 Å². The van der Waals surface area contributed by atoms with Gasteiger partial charge in [-0.3, -0.25) is 9.59 Å². The third-order valence-corrected chi connectivity index (χ3v) is 5.83. The number of carbonyl (C=O) groups is 2. The van der Waals surface area contributed by atoms with Gasteiger partial charge in [-0.1, -0.05) is 84.9 Å². The predicted octanol–water partition coefficient (Wildman–Crippen LogP) is 5.36. The lowest BCUT2D eigenvalue weighted by Crippen LogP contribution is -2.17. The smallest absolute Gasteiger partial charge is 0.251 e. The molecule has 0 saturated heterocycles. The van der Waals surface area contributed by atoms with Gasteiger partial charge in [0.15, 0.2) is 0 Å². The van der Waals surface area contributed by atoms with E-state index in [0.29, 0.717) is 10.6 Å². The molecule has 4 aromatic rings. The molecule has 0 aliphatic heterocycles. The molecule has 1 aromatic heterocycles. The summed E-state index contributed by atoms with van der Waals surface area (Å²) >= 11 is 1.35. The van der Waals surface area contributed by atoms with Crippen LogP contribution in [-0.4, -0.2) is 11.8 Å². The molecular weight excluding hydrogens is 392 g/mol. The van der Waals surface area contributed by atoms with Crippen molar-refractivity contribution in [3.8, 4) is 21.6 Å². The van der Waals surface area contributed by atoms with Crippen LogP contribution in [0.2, 0.25) is 0 Å². The lowest BCUT2D eigenvalue weighted by atomic mass is 10.0. The van der Waals surface area contributed by atoms with E-state index in [4.69, 9.17) is 5.73 Å². The molecule has 0 bridgehead atoms. The van der Waals surface area contributed by atoms with Crippen molar-refractivity contribution in [3.05, 3.63) is 102 Å². The van der Waals surface area contributed by atoms with Gasteiger partial charge in [-0.15, -0.1) is 11.3 Å². The van der Waals surface area contributed by atoms with Gasteiger partial charge in [0.05, 0.1) is 12.0 Å². The highest BCUT2D eigenvalue weighted by Crippen LogP contribution is 2.35. The fourth-order valence-electron chi connectivity index (χ4n) is 3.21. The maximum absolute atomic E-state index is 12.6. The molecule has 0 fully saturated rings. The van der Waals surface area contributed by atoms with Gasteiger partial charge in [-0.2, -0.15) is 0 Å². The Morgan fingerprint density at radius 1 is 0.767 bits per heavy atom. The highest BCUT2D eigenvalue weighted by Gasteiger charge is 2.17. The topological polar surface area (TPSA) is 72.2 Å². The highest BCUT2D eigenvalue weighted by molar-refractivity contribution is 7.20. The average Bonchev–Trinajstić information content (AvgIpc) is 3.19. The third kappa shape index (κ3) is 4.47. The molecule has 4 nitrogen and oxygen atoms in total. The largest absolute Gasteiger partial charge is 0.366 e. The van der Waals surface area contributed by atoms with E-state index < -0.39 is 5.91 Å². The van der Waals surface area contributed by atoms with E-state index >= 15 is 0 Å². The van der Waals surface area contributed by atoms with Crippen molar-refractivity contribution in [1.29, 1.82) is 0 Å². The zero-order valence-electron chi connectivity index (χ0n) is 16.2. The second-order valence-corrected chi connectivity index (χ2v) is 7.92. The first-order valence-electron chi connectivity index (χ1n) is 9.53. The van der Waals surface area contributed by atoms with E-state index in [1.54, 1.807) is 6.07 Å². The number of primary amides is 1. The first-order valence-corrected chi connectivity index (χ1v) is 10.3. The van der Waals surface area contributed by atoms with E-state index in [-0.39, 0.29) is 12.3 Å². The molecule has 4 rings (SSSR count). The summed E-state index contributed by atoms with van der Waals surface area (Å²) in [7, 11) is 0. The average molecular weight is 413 g/mol. The third-order valence-electron chi connectivity index (χ3n) is 4.73. The van der Waals surface area contributed by atoms with E-state index in [1.165, 1.54) is 11.3 Å². The minimum absolute atomic E-state index is 0.188. The number of benzene rings is 3. The van der Waals surface area contributed by atoms with Gasteiger partial charge in [-0.05, 0) is 28.3 Å². The normalized spacial score (nSPS) is 10.5. The number of hydrogen-bond donors (Lipinski definition) is 2. The minimum atomic E-state index is -0.559. The first kappa shape index (κ1) is 19.6. The van der Waals surface area contributed by atoms with Crippen molar-refractivity contribution < 1.29 is 9.59 Å². The summed E-state index contributed by atoms with van der Waals surface area (Å²) in [5.41, 5.74) is 9.95. The van der Waals surface area contributed by atoms with Crippen LogP contribution in [0.3, 0.4) is 0 Å². The molecule has 0 radical (unpaired) electrons. The van der Waals surface area contributed by atoms with Crippen molar-refractivity contribution in [2.24, 2.45) is 5.73 Å². The van der Waals surface area contributed by atoms with Crippen LogP contribution in [-0.2, 0) is 11.2 Å². The van der Waals surface area contributed by atoms with Gasteiger partial charge < -0.3 is 11.1 Å². The molecule has 3 aromatic carbocycles. The van der Waals surface area contributed by atoms with Crippen LogP contribution in [0.25, 0.3) is 21.6 Å². The number of carbonyl (C=O) groups excluding carboxylic acids is 2. The van der Waals surface area contributed by atoms with Crippen LogP contribution in [0.1, 0.15) is 15.9 Å². The molecule has 0 atom stereocenters. The number of anilines is 1. The Kier molecular flexibility index (Phi) is 5.72. The molecule has 0 saturated carbocycles. The maximum atomic E-state index is 12.6. The summed E-state index contributed by atoms with van der Waals surface area (Å²) in [6.07, 6.45) is 0.214. The Labute approximate surface area is 179 Å². The fraction of sp³-hybridized carbons (Fsp3) is 0.0400. The number of amides is 2. The molecule has 3 N–H and O–H groups in total. The molecule has 0 unspecified atom stereocenters. The molecule has 30 heavy (non-hydrogen) atoms. The standard InChI is InChI=1S/C25H20N2O2S/c26-24(29)21-16-22(20-9-5-2-6-10-20)30-25(21)27-23(28)15-17-11-13-19(14-12-17)18-7-3-1-4-8-18/h1-14,16H,15H2,(H2,26,29)(H,27,28). The summed E-state index contributed by atoms with van der Waals surface area (Å²) in [6.45, 7) is 0. The lowest BCUT2D eigenvalue weighted by Gasteiger charge is -2.06. The SMILES string of the molecule is NC(=O)c1cc(-c2ccccc2)sc1NC(=O)Cc1ccc(-c2ccccc2)cc1. The first-order chi connectivity index (χ1) is 14.6. The zero-order valence-corrected chi connectivity index (χ0v) is 17.0. The number of rotatable bonds is 6. The maximum Gasteiger partial charge on any atom is 0.251 e. The summed E-state index contributed by atoms with van der Waals surface area (Å²) in [4.78, 5) is 25.3. The van der Waals surface area contributed by atoms with Gasteiger partial charge in [0.1, 0.15) is 5.00 Å². The van der Waals surface area contributed by atoms with Crippen molar-refractivity contribution in [1.82, 2.24) is 0 Å². The van der Waals surface area contributed by atoms with Crippen molar-refractivity contribution in [2.75, 3.05) is 5.32 Å². The molecule has 2 amide bonds. The number of nitrogens with one attached hydrogen (secondary N) is 1. The summed E-state index contributed by atoms with van der Waals surface area (Å²) in [5.74, 6) is -0.748. The van der Waals surface area contributed by atoms with Crippen LogP contribution >= 0.6 is 11.3 Å². The fourth-order valence-corrected chi connectivity index (χ4v) is 4.30. The van der Waals surface area contributed by atoms with Gasteiger partial charge in [0.2, 0.25) is 5.91 Å². The molecule has 148 valence electrons.